The SMILES string of the molecule is CCCNc1nc(NC(CO)CO)c2cc(CC)sc2n1. The quantitative estimate of drug-likeness (QED) is 0.595. The summed E-state index contributed by atoms with van der Waals surface area (Å²) in [4.78, 5) is 11.2. The summed E-state index contributed by atoms with van der Waals surface area (Å²) < 4.78 is 0. The van der Waals surface area contributed by atoms with E-state index < -0.39 is 6.04 Å². The Morgan fingerprint density at radius 2 is 2.00 bits per heavy atom. The number of aliphatic hydroxyl groups excluding tert-OH is 2. The molecule has 0 aliphatic rings. The summed E-state index contributed by atoms with van der Waals surface area (Å²) >= 11 is 1.65. The first-order chi connectivity index (χ1) is 10.2. The van der Waals surface area contributed by atoms with Gasteiger partial charge in [0.2, 0.25) is 5.95 Å². The smallest absolute Gasteiger partial charge is 0.226 e. The largest absolute Gasteiger partial charge is 0.394 e. The van der Waals surface area contributed by atoms with Crippen LogP contribution in [0, 0.1) is 0 Å². The molecule has 6 nitrogen and oxygen atoms in total. The van der Waals surface area contributed by atoms with Crippen LogP contribution in [0.1, 0.15) is 25.1 Å². The molecule has 0 radical (unpaired) electrons. The number of hydrogen-bond acceptors (Lipinski definition) is 7. The van der Waals surface area contributed by atoms with E-state index in [1.807, 2.05) is 0 Å². The highest BCUT2D eigenvalue weighted by molar-refractivity contribution is 7.18. The number of thiophene rings is 1. The highest BCUT2D eigenvalue weighted by Gasteiger charge is 2.14. The Morgan fingerprint density at radius 3 is 2.62 bits per heavy atom. The van der Waals surface area contributed by atoms with Crippen molar-refractivity contribution >= 4 is 33.3 Å². The van der Waals surface area contributed by atoms with Crippen LogP contribution in [0.4, 0.5) is 11.8 Å². The average Bonchev–Trinajstić information content (AvgIpc) is 2.93. The number of aliphatic hydroxyl groups is 2. The molecule has 0 unspecified atom stereocenters. The van der Waals surface area contributed by atoms with Crippen molar-refractivity contribution in [1.82, 2.24) is 9.97 Å². The van der Waals surface area contributed by atoms with Crippen LogP contribution in [0.5, 0.6) is 0 Å². The van der Waals surface area contributed by atoms with Crippen LogP contribution < -0.4 is 10.6 Å². The molecule has 0 aromatic carbocycles. The van der Waals surface area contributed by atoms with Crippen LogP contribution in [0.3, 0.4) is 0 Å². The number of rotatable bonds is 8. The molecule has 7 heteroatoms. The highest BCUT2D eigenvalue weighted by atomic mass is 32.1. The second-order valence-corrected chi connectivity index (χ2v) is 5.93. The van der Waals surface area contributed by atoms with E-state index in [-0.39, 0.29) is 13.2 Å². The number of anilines is 2. The van der Waals surface area contributed by atoms with E-state index in [9.17, 15) is 10.2 Å². The van der Waals surface area contributed by atoms with Crippen molar-refractivity contribution in [2.75, 3.05) is 30.4 Å². The van der Waals surface area contributed by atoms with Crippen LogP contribution >= 0.6 is 11.3 Å². The summed E-state index contributed by atoms with van der Waals surface area (Å²) in [7, 11) is 0. The standard InChI is InChI=1S/C14H22N4O2S/c1-3-5-15-14-17-12(16-9(7-19)8-20)11-6-10(4-2)21-13(11)18-14/h6,9,19-20H,3-5,7-8H2,1-2H3,(H2,15,16,17,18). The topological polar surface area (TPSA) is 90.3 Å². The molecular formula is C14H22N4O2S. The maximum absolute atomic E-state index is 9.24. The average molecular weight is 310 g/mol. The molecule has 2 heterocycles. The van der Waals surface area contributed by atoms with Crippen molar-refractivity contribution < 1.29 is 10.2 Å². The zero-order valence-electron chi connectivity index (χ0n) is 12.4. The summed E-state index contributed by atoms with van der Waals surface area (Å²) in [6, 6.07) is 1.64. The maximum Gasteiger partial charge on any atom is 0.226 e. The van der Waals surface area contributed by atoms with E-state index in [4.69, 9.17) is 0 Å². The molecule has 0 bridgehead atoms. The number of fused-ring (bicyclic) bond motifs is 1. The van der Waals surface area contributed by atoms with E-state index in [1.54, 1.807) is 11.3 Å². The lowest BCUT2D eigenvalue weighted by molar-refractivity contribution is 0.203. The number of aryl methyl sites for hydroxylation is 1. The summed E-state index contributed by atoms with van der Waals surface area (Å²) in [5, 5.41) is 25.7. The van der Waals surface area contributed by atoms with Crippen molar-refractivity contribution in [2.24, 2.45) is 0 Å². The number of aromatic nitrogens is 2. The molecule has 0 saturated heterocycles. The predicted molar refractivity (Wildman–Crippen MR) is 87.2 cm³/mol. The zero-order valence-corrected chi connectivity index (χ0v) is 13.2. The second kappa shape index (κ2) is 7.53. The molecule has 2 aromatic heterocycles. The molecule has 2 aromatic rings. The molecule has 2 rings (SSSR count). The normalized spacial score (nSPS) is 11.3. The van der Waals surface area contributed by atoms with Gasteiger partial charge in [-0.1, -0.05) is 13.8 Å². The fourth-order valence-corrected chi connectivity index (χ4v) is 2.88. The van der Waals surface area contributed by atoms with Crippen LogP contribution in [0.15, 0.2) is 6.07 Å². The Morgan fingerprint density at radius 1 is 1.24 bits per heavy atom. The van der Waals surface area contributed by atoms with Crippen LogP contribution in [-0.2, 0) is 6.42 Å². The molecular weight excluding hydrogens is 288 g/mol. The lowest BCUT2D eigenvalue weighted by Crippen LogP contribution is -2.28. The minimum atomic E-state index is -0.424. The molecule has 0 spiro atoms. The highest BCUT2D eigenvalue weighted by Crippen LogP contribution is 2.30. The molecule has 21 heavy (non-hydrogen) atoms. The van der Waals surface area contributed by atoms with Gasteiger partial charge in [0.15, 0.2) is 0 Å². The van der Waals surface area contributed by atoms with Crippen LogP contribution in [0.25, 0.3) is 10.2 Å². The van der Waals surface area contributed by atoms with Gasteiger partial charge >= 0.3 is 0 Å². The van der Waals surface area contributed by atoms with Crippen molar-refractivity contribution in [2.45, 2.75) is 32.7 Å². The molecule has 4 N–H and O–H groups in total. The van der Waals surface area contributed by atoms with E-state index in [1.165, 1.54) is 4.88 Å². The number of nitrogens with one attached hydrogen (secondary N) is 2. The first-order valence-electron chi connectivity index (χ1n) is 7.24. The molecule has 0 amide bonds. The van der Waals surface area contributed by atoms with Gasteiger partial charge in [0.1, 0.15) is 10.6 Å². The Kier molecular flexibility index (Phi) is 5.72. The number of hydrogen-bond donors (Lipinski definition) is 4. The van der Waals surface area contributed by atoms with Crippen molar-refractivity contribution in [3.05, 3.63) is 10.9 Å². The molecule has 0 aliphatic carbocycles. The third-order valence-corrected chi connectivity index (χ3v) is 4.28. The van der Waals surface area contributed by atoms with Gasteiger partial charge < -0.3 is 20.8 Å². The van der Waals surface area contributed by atoms with Gasteiger partial charge in [-0.15, -0.1) is 11.3 Å². The molecule has 0 saturated carbocycles. The fraction of sp³-hybridized carbons (Fsp3) is 0.571. The van der Waals surface area contributed by atoms with Crippen molar-refractivity contribution in [1.29, 1.82) is 0 Å². The fourth-order valence-electron chi connectivity index (χ4n) is 1.91. The third-order valence-electron chi connectivity index (χ3n) is 3.11. The lowest BCUT2D eigenvalue weighted by atomic mass is 10.2. The monoisotopic (exact) mass is 310 g/mol. The Balaban J connectivity index is 2.40. The van der Waals surface area contributed by atoms with Gasteiger partial charge in [-0.3, -0.25) is 0 Å². The van der Waals surface area contributed by atoms with E-state index in [2.05, 4.69) is 40.5 Å². The van der Waals surface area contributed by atoms with Gasteiger partial charge in [-0.2, -0.15) is 4.98 Å². The van der Waals surface area contributed by atoms with Gasteiger partial charge in [0, 0.05) is 11.4 Å². The van der Waals surface area contributed by atoms with E-state index in [0.29, 0.717) is 11.8 Å². The third kappa shape index (κ3) is 3.81. The zero-order chi connectivity index (χ0) is 15.2. The molecule has 0 fully saturated rings. The van der Waals surface area contributed by atoms with Gasteiger partial charge in [0.05, 0.1) is 24.6 Å². The Bertz CT molecular complexity index is 584. The van der Waals surface area contributed by atoms with Crippen molar-refractivity contribution in [3.63, 3.8) is 0 Å². The van der Waals surface area contributed by atoms with Gasteiger partial charge in [-0.25, -0.2) is 4.98 Å². The summed E-state index contributed by atoms with van der Waals surface area (Å²) in [5.41, 5.74) is 0. The molecule has 0 aliphatic heterocycles. The first-order valence-corrected chi connectivity index (χ1v) is 8.06. The van der Waals surface area contributed by atoms with Crippen LogP contribution in [-0.4, -0.2) is 46.0 Å². The lowest BCUT2D eigenvalue weighted by Gasteiger charge is -2.15. The summed E-state index contributed by atoms with van der Waals surface area (Å²) in [5.74, 6) is 1.23. The van der Waals surface area contributed by atoms with E-state index >= 15 is 0 Å². The predicted octanol–water partition coefficient (Wildman–Crippen LogP) is 1.84. The molecule has 116 valence electrons. The van der Waals surface area contributed by atoms with Gasteiger partial charge in [-0.05, 0) is 18.9 Å². The maximum atomic E-state index is 9.24. The van der Waals surface area contributed by atoms with E-state index in [0.717, 1.165) is 29.6 Å². The first kappa shape index (κ1) is 15.9. The minimum absolute atomic E-state index is 0.148. The Labute approximate surface area is 128 Å². The number of nitrogens with zero attached hydrogens (tertiary/aromatic N) is 2. The summed E-state index contributed by atoms with van der Waals surface area (Å²) in [6.07, 6.45) is 1.94. The van der Waals surface area contributed by atoms with Gasteiger partial charge in [0.25, 0.3) is 0 Å². The molecule has 0 atom stereocenters. The minimum Gasteiger partial charge on any atom is -0.394 e. The summed E-state index contributed by atoms with van der Waals surface area (Å²) in [6.45, 7) is 4.69. The second-order valence-electron chi connectivity index (χ2n) is 4.81. The Hall–Kier alpha value is -1.44. The van der Waals surface area contributed by atoms with Crippen LogP contribution in [0.2, 0.25) is 0 Å². The van der Waals surface area contributed by atoms with Crippen molar-refractivity contribution in [3.8, 4) is 0 Å².